The molecular weight excluding hydrogens is 322 g/mol. The van der Waals surface area contributed by atoms with Gasteiger partial charge in [0.2, 0.25) is 5.91 Å². The first-order chi connectivity index (χ1) is 6.66. The van der Waals surface area contributed by atoms with Crippen molar-refractivity contribution in [3.8, 4) is 0 Å². The molecule has 0 aromatic rings. The Hall–Kier alpha value is -0.270. The van der Waals surface area contributed by atoms with Gasteiger partial charge in [-0.3, -0.25) is 4.79 Å². The predicted molar refractivity (Wildman–Crippen MR) is 60.6 cm³/mol. The first-order valence-corrected chi connectivity index (χ1v) is 5.38. The zero-order valence-electron chi connectivity index (χ0n) is 8.73. The van der Waals surface area contributed by atoms with Gasteiger partial charge >= 0.3 is 6.18 Å². The van der Waals surface area contributed by atoms with Crippen LogP contribution in [0.5, 0.6) is 0 Å². The lowest BCUT2D eigenvalue weighted by atomic mass is 10.1. The van der Waals surface area contributed by atoms with Crippen molar-refractivity contribution < 1.29 is 18.0 Å². The molecule has 0 radical (unpaired) electrons. The average molecular weight is 335 g/mol. The third-order valence-corrected chi connectivity index (χ3v) is 2.84. The second kappa shape index (κ2) is 5.72. The molecule has 1 atom stereocenters. The molecular formula is C9H13F3INO. The summed E-state index contributed by atoms with van der Waals surface area (Å²) in [5.41, 5.74) is 0. The molecule has 0 saturated carbocycles. The molecule has 0 heterocycles. The van der Waals surface area contributed by atoms with E-state index in [4.69, 9.17) is 0 Å². The quantitative estimate of drug-likeness (QED) is 0.726. The summed E-state index contributed by atoms with van der Waals surface area (Å²) < 4.78 is 35.6. The van der Waals surface area contributed by atoms with Gasteiger partial charge in [0.05, 0.1) is 3.58 Å². The van der Waals surface area contributed by atoms with Gasteiger partial charge in [0, 0.05) is 20.0 Å². The Bertz CT molecular complexity index is 261. The summed E-state index contributed by atoms with van der Waals surface area (Å²) in [5, 5.41) is 0. The fourth-order valence-corrected chi connectivity index (χ4v) is 1.19. The number of allylic oxidation sites excluding steroid dienone is 2. The molecule has 0 N–H and O–H groups in total. The van der Waals surface area contributed by atoms with E-state index in [0.29, 0.717) is 0 Å². The molecule has 2 nitrogen and oxygen atoms in total. The van der Waals surface area contributed by atoms with E-state index >= 15 is 0 Å². The van der Waals surface area contributed by atoms with Crippen molar-refractivity contribution in [2.24, 2.45) is 5.92 Å². The van der Waals surface area contributed by atoms with Crippen molar-refractivity contribution in [2.75, 3.05) is 14.1 Å². The Labute approximate surface area is 101 Å². The van der Waals surface area contributed by atoms with Gasteiger partial charge < -0.3 is 4.90 Å². The maximum absolute atomic E-state index is 12.1. The second-order valence-corrected chi connectivity index (χ2v) is 4.58. The van der Waals surface area contributed by atoms with Gasteiger partial charge in [-0.25, -0.2) is 0 Å². The highest BCUT2D eigenvalue weighted by molar-refractivity contribution is 14.1. The predicted octanol–water partition coefficient (Wildman–Crippen LogP) is 2.98. The molecule has 0 aliphatic carbocycles. The molecule has 0 aromatic carbocycles. The van der Waals surface area contributed by atoms with Crippen molar-refractivity contribution in [1.29, 1.82) is 0 Å². The van der Waals surface area contributed by atoms with E-state index < -0.39 is 15.7 Å². The summed E-state index contributed by atoms with van der Waals surface area (Å²) in [6, 6.07) is 0. The highest BCUT2D eigenvalue weighted by Gasteiger charge is 2.31. The smallest absolute Gasteiger partial charge is 0.349 e. The molecule has 0 aliphatic rings. The van der Waals surface area contributed by atoms with Crippen molar-refractivity contribution in [3.63, 3.8) is 0 Å². The minimum Gasteiger partial charge on any atom is -0.349 e. The number of amides is 1. The first-order valence-electron chi connectivity index (χ1n) is 4.30. The van der Waals surface area contributed by atoms with Crippen molar-refractivity contribution in [1.82, 2.24) is 4.90 Å². The van der Waals surface area contributed by atoms with Crippen LogP contribution in [-0.4, -0.2) is 31.1 Å². The molecule has 0 rings (SSSR count). The van der Waals surface area contributed by atoms with Gasteiger partial charge in [0.1, 0.15) is 0 Å². The summed E-state index contributed by atoms with van der Waals surface area (Å²) in [4.78, 5) is 12.7. The van der Waals surface area contributed by atoms with Gasteiger partial charge in [-0.15, -0.1) is 0 Å². The van der Waals surface area contributed by atoms with E-state index in [2.05, 4.69) is 0 Å². The van der Waals surface area contributed by atoms with Gasteiger partial charge in [0.15, 0.2) is 0 Å². The number of hydrogen-bond acceptors (Lipinski definition) is 1. The second-order valence-electron chi connectivity index (χ2n) is 3.42. The summed E-state index contributed by atoms with van der Waals surface area (Å²) in [7, 11) is 3.16. The molecule has 0 fully saturated rings. The van der Waals surface area contributed by atoms with Crippen LogP contribution in [0, 0.1) is 5.92 Å². The van der Waals surface area contributed by atoms with Crippen LogP contribution in [0.15, 0.2) is 9.66 Å². The number of rotatable bonds is 3. The monoisotopic (exact) mass is 335 g/mol. The average Bonchev–Trinajstić information content (AvgIpc) is 2.10. The molecule has 0 saturated heterocycles. The van der Waals surface area contributed by atoms with Crippen LogP contribution in [0.2, 0.25) is 0 Å². The van der Waals surface area contributed by atoms with Crippen molar-refractivity contribution in [2.45, 2.75) is 19.5 Å². The lowest BCUT2D eigenvalue weighted by Gasteiger charge is -2.15. The largest absolute Gasteiger partial charge is 0.421 e. The van der Waals surface area contributed by atoms with Gasteiger partial charge in [-0.05, 0) is 29.0 Å². The zero-order chi connectivity index (χ0) is 12.2. The van der Waals surface area contributed by atoms with E-state index in [0.717, 1.165) is 6.08 Å². The fourth-order valence-electron chi connectivity index (χ4n) is 0.938. The normalized spacial score (nSPS) is 15.0. The Kier molecular flexibility index (Phi) is 5.61. The third kappa shape index (κ3) is 5.39. The number of hydrogen-bond donors (Lipinski definition) is 0. The van der Waals surface area contributed by atoms with Gasteiger partial charge in [-0.1, -0.05) is 13.0 Å². The van der Waals surface area contributed by atoms with Crippen LogP contribution in [0.25, 0.3) is 0 Å². The van der Waals surface area contributed by atoms with Crippen LogP contribution in [0.3, 0.4) is 0 Å². The summed E-state index contributed by atoms with van der Waals surface area (Å²) in [6.07, 6.45) is -3.15. The van der Waals surface area contributed by atoms with E-state index in [9.17, 15) is 18.0 Å². The molecule has 0 aromatic heterocycles. The van der Waals surface area contributed by atoms with E-state index in [1.807, 2.05) is 0 Å². The molecule has 0 spiro atoms. The maximum atomic E-state index is 12.1. The summed E-state index contributed by atoms with van der Waals surface area (Å²) in [6.45, 7) is 1.61. The minimum atomic E-state index is -4.30. The standard InChI is InChI=1S/C9H13F3INO/c1-6(8(15)14(2)3)4-5-7(13)9(10,11)12/h5-6H,4H2,1-3H3/b7-5-/t6-/m0/s1. The Balaban J connectivity index is 4.33. The lowest BCUT2D eigenvalue weighted by Crippen LogP contribution is -2.27. The van der Waals surface area contributed by atoms with Crippen molar-refractivity contribution in [3.05, 3.63) is 9.66 Å². The zero-order valence-corrected chi connectivity index (χ0v) is 10.9. The lowest BCUT2D eigenvalue weighted by molar-refractivity contribution is -0.132. The first kappa shape index (κ1) is 14.7. The van der Waals surface area contributed by atoms with E-state index in [1.165, 1.54) is 27.5 Å². The number of nitrogens with zero attached hydrogens (tertiary/aromatic N) is 1. The molecule has 0 aliphatic heterocycles. The summed E-state index contributed by atoms with van der Waals surface area (Å²) in [5.74, 6) is -0.593. The van der Waals surface area contributed by atoms with Crippen LogP contribution >= 0.6 is 22.6 Å². The molecule has 15 heavy (non-hydrogen) atoms. The number of alkyl halides is 3. The molecule has 0 bridgehead atoms. The van der Waals surface area contributed by atoms with Crippen LogP contribution in [0.1, 0.15) is 13.3 Å². The van der Waals surface area contributed by atoms with E-state index in [-0.39, 0.29) is 12.3 Å². The molecule has 1 amide bonds. The Morgan fingerprint density at radius 2 is 1.93 bits per heavy atom. The SMILES string of the molecule is C[C@@H](C/C=C(\I)C(F)(F)F)C(=O)N(C)C. The number of halogens is 4. The van der Waals surface area contributed by atoms with Crippen LogP contribution < -0.4 is 0 Å². The topological polar surface area (TPSA) is 20.3 Å². The van der Waals surface area contributed by atoms with Gasteiger partial charge in [0.25, 0.3) is 0 Å². The highest BCUT2D eigenvalue weighted by atomic mass is 127. The molecule has 0 unspecified atom stereocenters. The molecule has 88 valence electrons. The Morgan fingerprint density at radius 1 is 1.47 bits per heavy atom. The number of carbonyl (C=O) groups excluding carboxylic acids is 1. The van der Waals surface area contributed by atoms with Crippen LogP contribution in [-0.2, 0) is 4.79 Å². The molecule has 6 heteroatoms. The van der Waals surface area contributed by atoms with Gasteiger partial charge in [-0.2, -0.15) is 13.2 Å². The highest BCUT2D eigenvalue weighted by Crippen LogP contribution is 2.31. The minimum absolute atomic E-state index is 0.106. The fraction of sp³-hybridized carbons (Fsp3) is 0.667. The third-order valence-electron chi connectivity index (χ3n) is 1.78. The maximum Gasteiger partial charge on any atom is 0.421 e. The summed E-state index contributed by atoms with van der Waals surface area (Å²) >= 11 is 1.23. The van der Waals surface area contributed by atoms with E-state index in [1.54, 1.807) is 21.0 Å². The van der Waals surface area contributed by atoms with Crippen molar-refractivity contribution >= 4 is 28.5 Å². The Morgan fingerprint density at radius 3 is 2.27 bits per heavy atom. The van der Waals surface area contributed by atoms with Crippen LogP contribution in [0.4, 0.5) is 13.2 Å². The number of carbonyl (C=O) groups is 1.